The highest BCUT2D eigenvalue weighted by atomic mass is 16.5. The van der Waals surface area contributed by atoms with Gasteiger partial charge in [0.2, 0.25) is 5.91 Å². The standard InChI is InChI=1S/C13H15N5O3/c1-21-13(20)11-7-10(16-17-14)8-18(11)12(19)6-9-2-4-15-5-3-9/h2-5,10-11H,6-8H2,1H3/t10-,11-/m0/s1. The molecule has 0 spiro atoms. The molecule has 1 saturated heterocycles. The molecule has 21 heavy (non-hydrogen) atoms. The van der Waals surface area contributed by atoms with Crippen LogP contribution < -0.4 is 0 Å². The van der Waals surface area contributed by atoms with Crippen LogP contribution in [0.15, 0.2) is 29.6 Å². The number of carbonyl (C=O) groups is 2. The number of ether oxygens (including phenoxy) is 1. The quantitative estimate of drug-likeness (QED) is 0.357. The Morgan fingerprint density at radius 2 is 2.24 bits per heavy atom. The second-order valence-electron chi connectivity index (χ2n) is 4.71. The topological polar surface area (TPSA) is 108 Å². The van der Waals surface area contributed by atoms with E-state index < -0.39 is 18.1 Å². The van der Waals surface area contributed by atoms with Crippen LogP contribution in [0.1, 0.15) is 12.0 Å². The molecule has 8 nitrogen and oxygen atoms in total. The summed E-state index contributed by atoms with van der Waals surface area (Å²) >= 11 is 0. The van der Waals surface area contributed by atoms with Crippen molar-refractivity contribution in [2.75, 3.05) is 13.7 Å². The van der Waals surface area contributed by atoms with Crippen LogP contribution in [0, 0.1) is 0 Å². The van der Waals surface area contributed by atoms with Crippen LogP contribution in [0.2, 0.25) is 0 Å². The first kappa shape index (κ1) is 14.8. The molecule has 1 aromatic rings. The van der Waals surface area contributed by atoms with E-state index in [1.807, 2.05) is 0 Å². The van der Waals surface area contributed by atoms with Gasteiger partial charge in [-0.15, -0.1) is 0 Å². The van der Waals surface area contributed by atoms with Gasteiger partial charge in [0.15, 0.2) is 0 Å². The van der Waals surface area contributed by atoms with Crippen molar-refractivity contribution in [1.82, 2.24) is 9.88 Å². The summed E-state index contributed by atoms with van der Waals surface area (Å²) in [5.74, 6) is -0.694. The van der Waals surface area contributed by atoms with Crippen molar-refractivity contribution in [2.24, 2.45) is 5.11 Å². The third-order valence-corrected chi connectivity index (χ3v) is 3.39. The van der Waals surface area contributed by atoms with E-state index in [4.69, 9.17) is 10.3 Å². The lowest BCUT2D eigenvalue weighted by molar-refractivity contribution is -0.150. The third-order valence-electron chi connectivity index (χ3n) is 3.39. The molecule has 1 amide bonds. The average molecular weight is 289 g/mol. The SMILES string of the molecule is COC(=O)[C@@H]1C[C@H](N=[N+]=[N-])CN1C(=O)Cc1ccncc1. The fraction of sp³-hybridized carbons (Fsp3) is 0.462. The number of likely N-dealkylation sites (tertiary alicyclic amines) is 1. The monoisotopic (exact) mass is 289 g/mol. The van der Waals surface area contributed by atoms with E-state index in [-0.39, 0.29) is 18.9 Å². The summed E-state index contributed by atoms with van der Waals surface area (Å²) in [6.07, 6.45) is 3.66. The van der Waals surface area contributed by atoms with Gasteiger partial charge in [0.25, 0.3) is 0 Å². The Hall–Kier alpha value is -2.60. The van der Waals surface area contributed by atoms with Crippen LogP contribution in [0.25, 0.3) is 10.4 Å². The van der Waals surface area contributed by atoms with Crippen LogP contribution >= 0.6 is 0 Å². The molecule has 1 aliphatic heterocycles. The van der Waals surface area contributed by atoms with Gasteiger partial charge in [0.1, 0.15) is 6.04 Å². The Balaban J connectivity index is 2.12. The highest BCUT2D eigenvalue weighted by Crippen LogP contribution is 2.22. The minimum atomic E-state index is -0.695. The molecule has 0 N–H and O–H groups in total. The molecule has 0 saturated carbocycles. The number of rotatable bonds is 4. The number of methoxy groups -OCH3 is 1. The van der Waals surface area contributed by atoms with Crippen molar-refractivity contribution in [3.8, 4) is 0 Å². The molecule has 0 aliphatic carbocycles. The zero-order chi connectivity index (χ0) is 15.2. The summed E-state index contributed by atoms with van der Waals surface area (Å²) in [6, 6.07) is 2.39. The zero-order valence-electron chi connectivity index (χ0n) is 11.5. The lowest BCUT2D eigenvalue weighted by Crippen LogP contribution is -2.42. The minimum Gasteiger partial charge on any atom is -0.467 e. The maximum Gasteiger partial charge on any atom is 0.328 e. The van der Waals surface area contributed by atoms with Gasteiger partial charge in [-0.3, -0.25) is 9.78 Å². The molecule has 0 aromatic carbocycles. The molecule has 110 valence electrons. The van der Waals surface area contributed by atoms with E-state index in [1.54, 1.807) is 24.5 Å². The first-order valence-corrected chi connectivity index (χ1v) is 6.46. The summed E-state index contributed by atoms with van der Waals surface area (Å²) in [4.78, 5) is 32.2. The molecule has 2 atom stereocenters. The van der Waals surface area contributed by atoms with Gasteiger partial charge in [-0.25, -0.2) is 4.79 Å². The van der Waals surface area contributed by atoms with Crippen LogP contribution in [-0.2, 0) is 20.7 Å². The van der Waals surface area contributed by atoms with Crippen molar-refractivity contribution >= 4 is 11.9 Å². The number of nitrogens with zero attached hydrogens (tertiary/aromatic N) is 5. The molecule has 2 rings (SSSR count). The summed E-state index contributed by atoms with van der Waals surface area (Å²) < 4.78 is 4.71. The van der Waals surface area contributed by atoms with E-state index >= 15 is 0 Å². The Kier molecular flexibility index (Phi) is 4.73. The van der Waals surface area contributed by atoms with Crippen LogP contribution in [0.3, 0.4) is 0 Å². The fourth-order valence-corrected chi connectivity index (χ4v) is 2.38. The van der Waals surface area contributed by atoms with Gasteiger partial charge < -0.3 is 9.64 Å². The molecule has 1 aromatic heterocycles. The number of hydrogen-bond donors (Lipinski definition) is 0. The lowest BCUT2D eigenvalue weighted by Gasteiger charge is -2.22. The fourth-order valence-electron chi connectivity index (χ4n) is 2.38. The second-order valence-corrected chi connectivity index (χ2v) is 4.71. The number of carbonyl (C=O) groups excluding carboxylic acids is 2. The second kappa shape index (κ2) is 6.71. The molecule has 2 heterocycles. The Labute approximate surface area is 121 Å². The van der Waals surface area contributed by atoms with Crippen molar-refractivity contribution in [3.63, 3.8) is 0 Å². The van der Waals surface area contributed by atoms with Gasteiger partial charge in [0, 0.05) is 23.9 Å². The van der Waals surface area contributed by atoms with Crippen molar-refractivity contribution in [3.05, 3.63) is 40.5 Å². The number of esters is 1. The highest BCUT2D eigenvalue weighted by Gasteiger charge is 2.39. The Morgan fingerprint density at radius 1 is 1.52 bits per heavy atom. The Bertz CT molecular complexity index is 570. The number of pyridine rings is 1. The molecular weight excluding hydrogens is 274 g/mol. The van der Waals surface area contributed by atoms with E-state index in [0.29, 0.717) is 6.42 Å². The van der Waals surface area contributed by atoms with Crippen LogP contribution in [0.4, 0.5) is 0 Å². The van der Waals surface area contributed by atoms with E-state index in [0.717, 1.165) is 5.56 Å². The van der Waals surface area contributed by atoms with E-state index in [1.165, 1.54) is 12.0 Å². The molecule has 0 bridgehead atoms. The van der Waals surface area contributed by atoms with Crippen molar-refractivity contribution in [1.29, 1.82) is 0 Å². The molecule has 1 aliphatic rings. The van der Waals surface area contributed by atoms with Gasteiger partial charge >= 0.3 is 5.97 Å². The average Bonchev–Trinajstić information content (AvgIpc) is 2.92. The molecular formula is C13H15N5O3. The largest absolute Gasteiger partial charge is 0.467 e. The minimum absolute atomic E-state index is 0.166. The Morgan fingerprint density at radius 3 is 2.86 bits per heavy atom. The van der Waals surface area contributed by atoms with Gasteiger partial charge in [0.05, 0.1) is 19.6 Å². The van der Waals surface area contributed by atoms with Crippen LogP contribution in [-0.4, -0.2) is 47.5 Å². The predicted octanol–water partition coefficient (Wildman–Crippen LogP) is 1.08. The van der Waals surface area contributed by atoms with Gasteiger partial charge in [-0.05, 0) is 29.6 Å². The predicted molar refractivity (Wildman–Crippen MR) is 73.0 cm³/mol. The number of aromatic nitrogens is 1. The number of azide groups is 1. The first-order chi connectivity index (χ1) is 10.2. The number of hydrogen-bond acceptors (Lipinski definition) is 5. The number of amides is 1. The zero-order valence-corrected chi connectivity index (χ0v) is 11.5. The molecule has 0 radical (unpaired) electrons. The first-order valence-electron chi connectivity index (χ1n) is 6.46. The van der Waals surface area contributed by atoms with E-state index in [9.17, 15) is 9.59 Å². The van der Waals surface area contributed by atoms with E-state index in [2.05, 4.69) is 15.0 Å². The smallest absolute Gasteiger partial charge is 0.328 e. The lowest BCUT2D eigenvalue weighted by atomic mass is 10.1. The summed E-state index contributed by atoms with van der Waals surface area (Å²) in [5, 5.41) is 3.60. The van der Waals surface area contributed by atoms with Crippen LogP contribution in [0.5, 0.6) is 0 Å². The van der Waals surface area contributed by atoms with Crippen molar-refractivity contribution < 1.29 is 14.3 Å². The molecule has 1 fully saturated rings. The maximum atomic E-state index is 12.4. The summed E-state index contributed by atoms with van der Waals surface area (Å²) in [7, 11) is 1.27. The van der Waals surface area contributed by atoms with Gasteiger partial charge in [-0.1, -0.05) is 5.11 Å². The normalized spacial score (nSPS) is 20.7. The van der Waals surface area contributed by atoms with Gasteiger partial charge in [-0.2, -0.15) is 0 Å². The molecule has 0 unspecified atom stereocenters. The molecule has 8 heteroatoms. The third kappa shape index (κ3) is 3.49. The highest BCUT2D eigenvalue weighted by molar-refractivity contribution is 5.86. The maximum absolute atomic E-state index is 12.4. The summed E-state index contributed by atoms with van der Waals surface area (Å²) in [5.41, 5.74) is 9.31. The summed E-state index contributed by atoms with van der Waals surface area (Å²) in [6.45, 7) is 0.230. The van der Waals surface area contributed by atoms with Crippen molar-refractivity contribution in [2.45, 2.75) is 24.9 Å².